The van der Waals surface area contributed by atoms with Gasteiger partial charge < -0.3 is 10.7 Å². The average Bonchev–Trinajstić information content (AvgIpc) is 2.73. The maximum Gasteiger partial charge on any atom is 0.223 e. The van der Waals surface area contributed by atoms with E-state index < -0.39 is 0 Å². The number of tetrazole rings is 1. The lowest BCUT2D eigenvalue weighted by molar-refractivity contribution is 0.735. The van der Waals surface area contributed by atoms with Crippen LogP contribution in [0.25, 0.3) is 5.65 Å². The van der Waals surface area contributed by atoms with Crippen LogP contribution in [-0.4, -0.2) is 31.8 Å². The maximum absolute atomic E-state index is 5.26. The highest BCUT2D eigenvalue weighted by molar-refractivity contribution is 5.69. The Hall–Kier alpha value is -2.22. The number of nitrogen functional groups attached to an aromatic ring is 1. The molecule has 0 aliphatic carbocycles. The van der Waals surface area contributed by atoms with Crippen molar-refractivity contribution < 1.29 is 0 Å². The highest BCUT2D eigenvalue weighted by Crippen LogP contribution is 2.15. The summed E-state index contributed by atoms with van der Waals surface area (Å²) in [5.41, 5.74) is 3.71. The topological polar surface area (TPSA) is 106 Å². The van der Waals surface area contributed by atoms with Crippen LogP contribution in [0.4, 0.5) is 11.5 Å². The highest BCUT2D eigenvalue weighted by Gasteiger charge is 2.07. The third-order valence-electron chi connectivity index (χ3n) is 1.76. The number of anilines is 2. The van der Waals surface area contributed by atoms with Crippen LogP contribution in [0.5, 0.6) is 0 Å². The number of nitrogens with two attached hydrogens (primary N) is 1. The molecule has 2 rings (SSSR count). The third-order valence-corrected chi connectivity index (χ3v) is 1.76. The molecule has 0 aromatic carbocycles. The molecule has 0 spiro atoms. The molecule has 0 fully saturated rings. The lowest BCUT2D eigenvalue weighted by Gasteiger charge is -2.05. The summed E-state index contributed by atoms with van der Waals surface area (Å²) in [6, 6.07) is 1.72. The van der Waals surface area contributed by atoms with E-state index in [1.165, 1.54) is 4.63 Å². The van der Waals surface area contributed by atoms with Crippen molar-refractivity contribution in [2.45, 2.75) is 0 Å². The van der Waals surface area contributed by atoms with Gasteiger partial charge in [0, 0.05) is 12.6 Å². The van der Waals surface area contributed by atoms with Gasteiger partial charge in [-0.05, 0) is 10.4 Å². The molecule has 2 aromatic heterocycles. The van der Waals surface area contributed by atoms with E-state index in [1.807, 2.05) is 0 Å². The Balaban J connectivity index is 2.48. The van der Waals surface area contributed by atoms with Crippen LogP contribution in [0.1, 0.15) is 0 Å². The van der Waals surface area contributed by atoms with E-state index in [4.69, 9.17) is 5.84 Å². The molecule has 0 radical (unpaired) electrons. The summed E-state index contributed by atoms with van der Waals surface area (Å²) < 4.78 is 1.29. The van der Waals surface area contributed by atoms with Crippen LogP contribution >= 0.6 is 0 Å². The molecular formula is C7H10N8. The first-order chi connectivity index (χ1) is 7.35. The number of fused-ring (bicyclic) bond motifs is 1. The van der Waals surface area contributed by atoms with Gasteiger partial charge in [0.25, 0.3) is 0 Å². The zero-order chi connectivity index (χ0) is 10.7. The van der Waals surface area contributed by atoms with Crippen molar-refractivity contribution in [2.24, 2.45) is 5.84 Å². The normalized spacial score (nSPS) is 10.2. The number of nitrogens with zero attached hydrogens (tertiary/aromatic N) is 5. The molecule has 8 nitrogen and oxygen atoms in total. The second kappa shape index (κ2) is 3.88. The fraction of sp³-hybridized carbons (Fsp3) is 0.143. The summed E-state index contributed by atoms with van der Waals surface area (Å²) in [5.74, 6) is 5.74. The van der Waals surface area contributed by atoms with E-state index >= 15 is 0 Å². The van der Waals surface area contributed by atoms with E-state index in [2.05, 4.69) is 37.9 Å². The van der Waals surface area contributed by atoms with E-state index in [0.29, 0.717) is 18.0 Å². The summed E-state index contributed by atoms with van der Waals surface area (Å²) >= 11 is 0. The number of hydrogen-bond donors (Lipinski definition) is 3. The molecule has 0 unspecified atom stereocenters. The summed E-state index contributed by atoms with van der Waals surface area (Å²) in [6.07, 6.45) is 1.73. The number of hydrazine groups is 1. The zero-order valence-corrected chi connectivity index (χ0v) is 7.88. The number of rotatable bonds is 4. The van der Waals surface area contributed by atoms with Gasteiger partial charge >= 0.3 is 0 Å². The molecule has 8 heteroatoms. The van der Waals surface area contributed by atoms with Gasteiger partial charge in [0.2, 0.25) is 5.65 Å². The smallest absolute Gasteiger partial charge is 0.223 e. The van der Waals surface area contributed by atoms with Gasteiger partial charge in [0.15, 0.2) is 5.82 Å². The van der Waals surface area contributed by atoms with Crippen molar-refractivity contribution in [1.29, 1.82) is 0 Å². The molecule has 0 amide bonds. The standard InChI is InChI=1S/C7H10N8/c1-2-3-9-5-4-6(10-8)12-15-7(5)11-13-14-15/h2,4,9H,1,3,8H2,(H,10,12). The van der Waals surface area contributed by atoms with Crippen molar-refractivity contribution in [3.05, 3.63) is 18.7 Å². The van der Waals surface area contributed by atoms with Crippen LogP contribution in [0.2, 0.25) is 0 Å². The second-order valence-corrected chi connectivity index (χ2v) is 2.75. The Kier molecular flexibility index (Phi) is 2.42. The van der Waals surface area contributed by atoms with Crippen LogP contribution in [-0.2, 0) is 0 Å². The van der Waals surface area contributed by atoms with E-state index in [0.717, 1.165) is 5.69 Å². The van der Waals surface area contributed by atoms with Crippen LogP contribution in [0.3, 0.4) is 0 Å². The molecule has 2 heterocycles. The quantitative estimate of drug-likeness (QED) is 0.348. The summed E-state index contributed by atoms with van der Waals surface area (Å²) in [7, 11) is 0. The van der Waals surface area contributed by atoms with Crippen LogP contribution in [0.15, 0.2) is 18.7 Å². The van der Waals surface area contributed by atoms with E-state index in [-0.39, 0.29) is 0 Å². The minimum Gasteiger partial charge on any atom is -0.378 e. The Labute approximate surface area is 85.1 Å². The van der Waals surface area contributed by atoms with Crippen molar-refractivity contribution in [3.8, 4) is 0 Å². The summed E-state index contributed by atoms with van der Waals surface area (Å²) in [4.78, 5) is 0. The fourth-order valence-corrected chi connectivity index (χ4v) is 1.13. The predicted octanol–water partition coefficient (Wildman–Crippen LogP) is -0.597. The number of nitrogens with one attached hydrogen (secondary N) is 2. The molecule has 78 valence electrons. The molecule has 0 aliphatic rings. The first-order valence-electron chi connectivity index (χ1n) is 4.26. The van der Waals surface area contributed by atoms with Gasteiger partial charge in [-0.25, -0.2) is 5.84 Å². The van der Waals surface area contributed by atoms with E-state index in [9.17, 15) is 0 Å². The Morgan fingerprint density at radius 2 is 2.47 bits per heavy atom. The SMILES string of the molecule is C=CCNc1cc(NN)nn2nnnc12. The Bertz CT molecular complexity index is 475. The molecule has 0 saturated carbocycles. The van der Waals surface area contributed by atoms with Gasteiger partial charge in [-0.1, -0.05) is 6.08 Å². The Morgan fingerprint density at radius 3 is 3.20 bits per heavy atom. The van der Waals surface area contributed by atoms with Gasteiger partial charge in [-0.3, -0.25) is 0 Å². The lowest BCUT2D eigenvalue weighted by atomic mass is 10.4. The molecule has 2 aromatic rings. The van der Waals surface area contributed by atoms with E-state index in [1.54, 1.807) is 12.1 Å². The van der Waals surface area contributed by atoms with Crippen molar-refractivity contribution >= 4 is 17.2 Å². The molecule has 15 heavy (non-hydrogen) atoms. The van der Waals surface area contributed by atoms with Crippen LogP contribution in [0, 0.1) is 0 Å². The Morgan fingerprint density at radius 1 is 1.60 bits per heavy atom. The first kappa shape index (κ1) is 9.34. The minimum absolute atomic E-state index is 0.473. The van der Waals surface area contributed by atoms with Gasteiger partial charge in [0.05, 0.1) is 5.69 Å². The molecular weight excluding hydrogens is 196 g/mol. The zero-order valence-electron chi connectivity index (χ0n) is 7.88. The monoisotopic (exact) mass is 206 g/mol. The molecule has 0 saturated heterocycles. The van der Waals surface area contributed by atoms with Crippen molar-refractivity contribution in [3.63, 3.8) is 0 Å². The molecule has 0 bridgehead atoms. The van der Waals surface area contributed by atoms with Crippen molar-refractivity contribution in [1.82, 2.24) is 25.3 Å². The summed E-state index contributed by atoms with van der Waals surface area (Å²) in [5, 5.41) is 18.1. The lowest BCUT2D eigenvalue weighted by Crippen LogP contribution is -2.12. The first-order valence-corrected chi connectivity index (χ1v) is 4.26. The molecule has 0 aliphatic heterocycles. The van der Waals surface area contributed by atoms with Gasteiger partial charge in [-0.2, -0.15) is 0 Å². The third kappa shape index (κ3) is 1.70. The largest absolute Gasteiger partial charge is 0.378 e. The maximum atomic E-state index is 5.26. The summed E-state index contributed by atoms with van der Waals surface area (Å²) in [6.45, 7) is 4.22. The van der Waals surface area contributed by atoms with Gasteiger partial charge in [-0.15, -0.1) is 21.4 Å². The van der Waals surface area contributed by atoms with Crippen molar-refractivity contribution in [2.75, 3.05) is 17.3 Å². The highest BCUT2D eigenvalue weighted by atomic mass is 15.6. The van der Waals surface area contributed by atoms with Gasteiger partial charge in [0.1, 0.15) is 0 Å². The number of hydrogen-bond acceptors (Lipinski definition) is 7. The fourth-order valence-electron chi connectivity index (χ4n) is 1.13. The average molecular weight is 206 g/mol. The predicted molar refractivity (Wildman–Crippen MR) is 55.1 cm³/mol. The van der Waals surface area contributed by atoms with Crippen LogP contribution < -0.4 is 16.6 Å². The second-order valence-electron chi connectivity index (χ2n) is 2.75. The minimum atomic E-state index is 0.473. The molecule has 0 atom stereocenters. The number of aromatic nitrogens is 5. The molecule has 4 N–H and O–H groups in total.